The van der Waals surface area contributed by atoms with Gasteiger partial charge in [0, 0.05) is 11.5 Å². The van der Waals surface area contributed by atoms with Crippen molar-refractivity contribution in [2.45, 2.75) is 40.0 Å². The molecule has 3 heteroatoms. The lowest BCUT2D eigenvalue weighted by Gasteiger charge is -2.15. The first kappa shape index (κ1) is 11.3. The predicted octanol–water partition coefficient (Wildman–Crippen LogP) is 3.76. The minimum atomic E-state index is 0.579. The second-order valence-corrected chi connectivity index (χ2v) is 3.44. The highest BCUT2D eigenvalue weighted by Crippen LogP contribution is 2.18. The molecule has 0 bridgehead atoms. The first-order chi connectivity index (χ1) is 5.74. The van der Waals surface area contributed by atoms with E-state index < -0.39 is 0 Å². The summed E-state index contributed by atoms with van der Waals surface area (Å²) in [5.74, 6) is 1.33. The molecule has 12 heavy (non-hydrogen) atoms. The van der Waals surface area contributed by atoms with Gasteiger partial charge in [0.2, 0.25) is 0 Å². The molecule has 0 aromatic heterocycles. The van der Waals surface area contributed by atoms with Crippen molar-refractivity contribution in [3.05, 3.63) is 10.4 Å². The molecule has 70 valence electrons. The molecule has 0 aromatic rings. The quantitative estimate of drug-likeness (QED) is 0.330. The van der Waals surface area contributed by atoms with Crippen molar-refractivity contribution in [1.82, 2.24) is 0 Å². The van der Waals surface area contributed by atoms with Crippen molar-refractivity contribution in [2.24, 2.45) is 17.0 Å². The van der Waals surface area contributed by atoms with E-state index in [0.717, 1.165) is 12.3 Å². The Morgan fingerprint density at radius 3 is 2.42 bits per heavy atom. The maximum absolute atomic E-state index is 8.16. The zero-order chi connectivity index (χ0) is 9.40. The summed E-state index contributed by atoms with van der Waals surface area (Å²) in [5.41, 5.74) is 8.16. The summed E-state index contributed by atoms with van der Waals surface area (Å²) in [6.45, 7) is 7.26. The Hall–Kier alpha value is -0.690. The largest absolute Gasteiger partial charge is 0.0937 e. The summed E-state index contributed by atoms with van der Waals surface area (Å²) in [7, 11) is 0. The van der Waals surface area contributed by atoms with Crippen molar-refractivity contribution < 1.29 is 0 Å². The Morgan fingerprint density at radius 1 is 1.33 bits per heavy atom. The predicted molar refractivity (Wildman–Crippen MR) is 51.9 cm³/mol. The Balaban J connectivity index is 3.73. The lowest BCUT2D eigenvalue weighted by molar-refractivity contribution is 0.380. The molecule has 0 aliphatic rings. The van der Waals surface area contributed by atoms with Crippen LogP contribution in [0, 0.1) is 11.8 Å². The van der Waals surface area contributed by atoms with E-state index >= 15 is 0 Å². The Labute approximate surface area is 74.8 Å². The molecule has 2 unspecified atom stereocenters. The standard InChI is InChI=1S/C9H19N3/c1-4-8(3)6-9(5-2)7-11-12-10/h8-9H,4-7H2,1-3H3. The molecule has 0 aliphatic heterocycles. The van der Waals surface area contributed by atoms with Gasteiger partial charge in [-0.25, -0.2) is 0 Å². The van der Waals surface area contributed by atoms with Crippen LogP contribution in [0.3, 0.4) is 0 Å². The van der Waals surface area contributed by atoms with Crippen LogP contribution in [0.15, 0.2) is 5.11 Å². The van der Waals surface area contributed by atoms with Gasteiger partial charge in [0.15, 0.2) is 0 Å². The van der Waals surface area contributed by atoms with Crippen molar-refractivity contribution in [3.63, 3.8) is 0 Å². The third-order valence-electron chi connectivity index (χ3n) is 2.41. The molecule has 0 N–H and O–H groups in total. The van der Waals surface area contributed by atoms with Crippen LogP contribution < -0.4 is 0 Å². The highest BCUT2D eigenvalue weighted by molar-refractivity contribution is 4.64. The van der Waals surface area contributed by atoms with E-state index in [1.165, 1.54) is 12.8 Å². The number of hydrogen-bond donors (Lipinski definition) is 0. The van der Waals surface area contributed by atoms with Crippen LogP contribution in [0.4, 0.5) is 0 Å². The topological polar surface area (TPSA) is 48.8 Å². The van der Waals surface area contributed by atoms with E-state index in [2.05, 4.69) is 30.8 Å². The minimum Gasteiger partial charge on any atom is -0.0937 e. The molecule has 3 nitrogen and oxygen atoms in total. The van der Waals surface area contributed by atoms with Crippen molar-refractivity contribution >= 4 is 0 Å². The Morgan fingerprint density at radius 2 is 2.00 bits per heavy atom. The number of azide groups is 1. The number of rotatable bonds is 6. The minimum absolute atomic E-state index is 0.579. The molecule has 0 radical (unpaired) electrons. The van der Waals surface area contributed by atoms with Crippen molar-refractivity contribution in [1.29, 1.82) is 0 Å². The van der Waals surface area contributed by atoms with E-state index in [-0.39, 0.29) is 0 Å². The molecular weight excluding hydrogens is 150 g/mol. The maximum Gasteiger partial charge on any atom is 0.0286 e. The van der Waals surface area contributed by atoms with Crippen molar-refractivity contribution in [2.75, 3.05) is 6.54 Å². The highest BCUT2D eigenvalue weighted by atomic mass is 15.1. The molecule has 0 fully saturated rings. The van der Waals surface area contributed by atoms with E-state index in [0.29, 0.717) is 12.5 Å². The molecule has 0 aliphatic carbocycles. The van der Waals surface area contributed by atoms with Crippen LogP contribution in [0.25, 0.3) is 10.4 Å². The third-order valence-corrected chi connectivity index (χ3v) is 2.41. The molecular formula is C9H19N3. The van der Waals surface area contributed by atoms with Gasteiger partial charge in [-0.3, -0.25) is 0 Å². The van der Waals surface area contributed by atoms with Crippen LogP contribution in [0.1, 0.15) is 40.0 Å². The zero-order valence-corrected chi connectivity index (χ0v) is 8.32. The van der Waals surface area contributed by atoms with E-state index in [1.807, 2.05) is 0 Å². The summed E-state index contributed by atoms with van der Waals surface area (Å²) >= 11 is 0. The van der Waals surface area contributed by atoms with Crippen LogP contribution in [-0.4, -0.2) is 6.54 Å². The van der Waals surface area contributed by atoms with Crippen LogP contribution in [0.2, 0.25) is 0 Å². The molecule has 0 amide bonds. The fourth-order valence-corrected chi connectivity index (χ4v) is 1.26. The summed E-state index contributed by atoms with van der Waals surface area (Å²) in [4.78, 5) is 2.78. The molecule has 2 atom stereocenters. The lowest BCUT2D eigenvalue weighted by Crippen LogP contribution is -2.07. The smallest absolute Gasteiger partial charge is 0.0286 e. The first-order valence-electron chi connectivity index (χ1n) is 4.75. The SMILES string of the molecule is CCC(C)CC(CC)CN=[N+]=[N-]. The number of nitrogens with zero attached hydrogens (tertiary/aromatic N) is 3. The Bertz CT molecular complexity index is 150. The van der Waals surface area contributed by atoms with E-state index in [1.54, 1.807) is 0 Å². The zero-order valence-electron chi connectivity index (χ0n) is 8.32. The van der Waals surface area contributed by atoms with Gasteiger partial charge in [-0.1, -0.05) is 38.7 Å². The van der Waals surface area contributed by atoms with Gasteiger partial charge in [-0.15, -0.1) is 0 Å². The fraction of sp³-hybridized carbons (Fsp3) is 1.00. The van der Waals surface area contributed by atoms with Gasteiger partial charge < -0.3 is 0 Å². The van der Waals surface area contributed by atoms with Crippen molar-refractivity contribution in [3.8, 4) is 0 Å². The average molecular weight is 169 g/mol. The molecule has 0 rings (SSSR count). The molecule has 0 saturated heterocycles. The average Bonchev–Trinajstić information content (AvgIpc) is 2.11. The van der Waals surface area contributed by atoms with Gasteiger partial charge in [-0.05, 0) is 23.8 Å². The maximum atomic E-state index is 8.16. The van der Waals surface area contributed by atoms with Gasteiger partial charge in [0.05, 0.1) is 0 Å². The van der Waals surface area contributed by atoms with Gasteiger partial charge >= 0.3 is 0 Å². The first-order valence-corrected chi connectivity index (χ1v) is 4.75. The van der Waals surface area contributed by atoms with Crippen LogP contribution in [0.5, 0.6) is 0 Å². The van der Waals surface area contributed by atoms with Gasteiger partial charge in [0.25, 0.3) is 0 Å². The summed E-state index contributed by atoms with van der Waals surface area (Å²) < 4.78 is 0. The second-order valence-electron chi connectivity index (χ2n) is 3.44. The third kappa shape index (κ3) is 5.03. The normalized spacial score (nSPS) is 14.9. The monoisotopic (exact) mass is 169 g/mol. The van der Waals surface area contributed by atoms with Crippen LogP contribution in [-0.2, 0) is 0 Å². The summed E-state index contributed by atoms with van der Waals surface area (Å²) in [6.07, 6.45) is 3.52. The van der Waals surface area contributed by atoms with Gasteiger partial charge in [0.1, 0.15) is 0 Å². The fourth-order valence-electron chi connectivity index (χ4n) is 1.26. The molecule has 0 heterocycles. The molecule has 0 saturated carbocycles. The van der Waals surface area contributed by atoms with Crippen LogP contribution >= 0.6 is 0 Å². The van der Waals surface area contributed by atoms with E-state index in [9.17, 15) is 0 Å². The number of hydrogen-bond acceptors (Lipinski definition) is 1. The van der Waals surface area contributed by atoms with Gasteiger partial charge in [-0.2, -0.15) is 0 Å². The lowest BCUT2D eigenvalue weighted by atomic mass is 9.92. The second kappa shape index (κ2) is 6.99. The molecule has 0 aromatic carbocycles. The summed E-state index contributed by atoms with van der Waals surface area (Å²) in [6, 6.07) is 0. The van der Waals surface area contributed by atoms with E-state index in [4.69, 9.17) is 5.53 Å². The summed E-state index contributed by atoms with van der Waals surface area (Å²) in [5, 5.41) is 3.61. The highest BCUT2D eigenvalue weighted by Gasteiger charge is 2.08. The molecule has 0 spiro atoms. The Kier molecular flexibility index (Phi) is 6.58.